The minimum absolute atomic E-state index is 0.139. The van der Waals surface area contributed by atoms with Crippen molar-refractivity contribution in [3.8, 4) is 89.5 Å². The van der Waals surface area contributed by atoms with Crippen LogP contribution < -0.4 is 18.3 Å². The molecule has 0 aliphatic rings. The third-order valence-corrected chi connectivity index (χ3v) is 21.4. The molecule has 0 unspecified atom stereocenters. The molecule has 4 heterocycles. The molecule has 0 radical (unpaired) electrons. The fourth-order valence-electron chi connectivity index (χ4n) is 14.9. The Kier molecular flexibility index (Phi) is 20.6. The van der Waals surface area contributed by atoms with Crippen molar-refractivity contribution in [2.75, 3.05) is 0 Å². The number of rotatable bonds is 9. The summed E-state index contributed by atoms with van der Waals surface area (Å²) in [5.74, 6) is 0.0900. The second kappa shape index (κ2) is 32.9. The van der Waals surface area contributed by atoms with Gasteiger partial charge in [0.15, 0.2) is 46.0 Å². The van der Waals surface area contributed by atoms with E-state index in [-0.39, 0.29) is 18.0 Å². The number of fused-ring (bicyclic) bond motifs is 4. The molecule has 9 heteroatoms. The molecule has 0 N–H and O–H groups in total. The smallest absolute Gasteiger partial charge is 0.220 e. The third-order valence-electron chi connectivity index (χ3n) is 21.4. The molecule has 0 spiro atoms. The highest BCUT2D eigenvalue weighted by molar-refractivity contribution is 6.00. The summed E-state index contributed by atoms with van der Waals surface area (Å²) < 4.78 is 65.6. The normalized spacial score (nSPS) is 11.5. The Hall–Kier alpha value is -13.8. The Morgan fingerprint density at radius 1 is 0.321 bits per heavy atom. The molecule has 0 amide bonds. The van der Waals surface area contributed by atoms with Crippen LogP contribution in [0.1, 0.15) is 77.1 Å². The number of benzene rings is 12. The monoisotopic (exact) mass is 1460 g/mol. The Morgan fingerprint density at radius 2 is 0.688 bits per heavy atom. The van der Waals surface area contributed by atoms with E-state index in [1.807, 2.05) is 176 Å². The third kappa shape index (κ3) is 15.6. The van der Waals surface area contributed by atoms with Gasteiger partial charge in [-0.3, -0.25) is 0 Å². The van der Waals surface area contributed by atoms with Crippen molar-refractivity contribution < 1.29 is 29.5 Å². The Labute approximate surface area is 665 Å². The largest absolute Gasteiger partial charge is 0.238 e. The summed E-state index contributed by atoms with van der Waals surface area (Å²) in [6.07, 6.45) is 0.139. The number of aryl methyl sites for hydroxylation is 3. The van der Waals surface area contributed by atoms with Gasteiger partial charge in [0, 0.05) is 50.5 Å². The molecule has 12 aromatic carbocycles. The number of hydrogen-bond donors (Lipinski definition) is 0. The molecule has 0 atom stereocenters. The van der Waals surface area contributed by atoms with Gasteiger partial charge in [-0.1, -0.05) is 208 Å². The van der Waals surface area contributed by atoms with Gasteiger partial charge < -0.3 is 0 Å². The summed E-state index contributed by atoms with van der Waals surface area (Å²) in [7, 11) is 7.81. The quantitative estimate of drug-likeness (QED) is 0.102. The van der Waals surface area contributed by atoms with Crippen molar-refractivity contribution in [1.29, 1.82) is 0 Å². The van der Waals surface area contributed by atoms with Crippen LogP contribution in [0.15, 0.2) is 279 Å². The molecule has 4 aromatic heterocycles. The highest BCUT2D eigenvalue weighted by Gasteiger charge is 2.27. The zero-order chi connectivity index (χ0) is 83.5. The molecule has 16 rings (SSSR count). The lowest BCUT2D eigenvalue weighted by atomic mass is 9.87. The van der Waals surface area contributed by atoms with Crippen LogP contribution in [0.5, 0.6) is 0 Å². The summed E-state index contributed by atoms with van der Waals surface area (Å²) in [5.41, 5.74) is 28.2. The number of hydrogen-bond acceptors (Lipinski definition) is 0. The van der Waals surface area contributed by atoms with E-state index >= 15 is 0 Å². The minimum Gasteiger partial charge on any atom is -0.238 e. The first-order valence-corrected chi connectivity index (χ1v) is 37.3. The van der Waals surface area contributed by atoms with Crippen LogP contribution in [-0.2, 0) is 28.2 Å². The fourth-order valence-corrected chi connectivity index (χ4v) is 14.9. The molecule has 544 valence electrons. The maximum absolute atomic E-state index is 14.8. The molecule has 0 bridgehead atoms. The van der Waals surface area contributed by atoms with Gasteiger partial charge in [-0.15, -0.1) is 0 Å². The van der Waals surface area contributed by atoms with Gasteiger partial charge in [0.2, 0.25) is 22.8 Å². The van der Waals surface area contributed by atoms with Gasteiger partial charge in [0.25, 0.3) is 0 Å². The van der Waals surface area contributed by atoms with Crippen molar-refractivity contribution >= 4 is 65.8 Å². The lowest BCUT2D eigenvalue weighted by molar-refractivity contribution is -0.665. The van der Waals surface area contributed by atoms with E-state index in [1.54, 1.807) is 34.9 Å². The Morgan fingerprint density at radius 3 is 1.12 bits per heavy atom. The van der Waals surface area contributed by atoms with Crippen molar-refractivity contribution in [3.05, 3.63) is 381 Å². The number of pyridine rings is 4. The molecule has 0 aliphatic heterocycles. The minimum atomic E-state index is -0.256. The average molecular weight is 1460 g/mol. The first-order chi connectivity index (χ1) is 56.2. The van der Waals surface area contributed by atoms with Gasteiger partial charge in [-0.25, -0.2) is 28.3 Å². The van der Waals surface area contributed by atoms with Crippen LogP contribution in [-0.4, -0.2) is 0 Å². The van der Waals surface area contributed by atoms with E-state index in [4.69, 9.17) is 33.1 Å². The fraction of sp³-hybridized carbons (Fsp3) is 0.146. The molecular weight excluding hydrogens is 1370 g/mol. The van der Waals surface area contributed by atoms with E-state index in [0.29, 0.717) is 57.7 Å². The van der Waals surface area contributed by atoms with Crippen molar-refractivity contribution in [2.24, 2.45) is 28.2 Å². The second-order valence-corrected chi connectivity index (χ2v) is 28.9. The van der Waals surface area contributed by atoms with Gasteiger partial charge >= 0.3 is 0 Å². The number of halogens is 1. The average Bonchev–Trinajstić information content (AvgIpc) is 0.757. The summed E-state index contributed by atoms with van der Waals surface area (Å²) in [5, 5.41) is 6.79. The van der Waals surface area contributed by atoms with E-state index in [0.717, 1.165) is 122 Å². The lowest BCUT2D eigenvalue weighted by Crippen LogP contribution is -2.35. The van der Waals surface area contributed by atoms with E-state index < -0.39 is 0 Å². The molecule has 0 fully saturated rings. The van der Waals surface area contributed by atoms with Gasteiger partial charge in [0.05, 0.1) is 75.6 Å². The summed E-state index contributed by atoms with van der Waals surface area (Å²) in [4.78, 5) is 14.1. The predicted molar refractivity (Wildman–Crippen MR) is 461 cm³/mol. The van der Waals surface area contributed by atoms with Gasteiger partial charge in [-0.2, -0.15) is 13.7 Å². The maximum Gasteiger partial charge on any atom is 0.220 e. The molecule has 16 aromatic rings. The molecule has 0 saturated heterocycles. The first-order valence-electron chi connectivity index (χ1n) is 39.8. The maximum atomic E-state index is 14.8. The van der Waals surface area contributed by atoms with E-state index in [1.165, 1.54) is 50.1 Å². The van der Waals surface area contributed by atoms with Gasteiger partial charge in [-0.05, 0) is 189 Å². The topological polar surface area (TPSA) is 33.0 Å². The Balaban J connectivity index is 0.000000136. The van der Waals surface area contributed by atoms with Crippen molar-refractivity contribution in [2.45, 2.75) is 75.2 Å². The standard InChI is InChI=1S/C27H25N2.C26H23N2.C25H20FN2.C25H21N2/c1-18(2)25-16-22(20-9-7-6-8-10-20)17-26(19(25)3)27-24-12-11-23(28-4)15-21(24)13-14-29(27)5;1-17-13-21(20-9-7-6-8-10-20)16-25(19(17)3)26-24-12-11-23(27-4)15-22(24)14-18(2)28(26)5;1-16-12-24(26)23(18-8-6-5-7-9-18)15-22(16)25-21-11-10-20(27-3)14-19(21)13-17(2)28(25)4;1-17-10-11-20(19-8-6-5-7-9-19)16-24(17)25-23-13-12-22(26-3)15-21(23)14-18(2)27(25)4/h6-18H,1-3,5H3;6-16H,1-3,5H3;5-15H,1-2,4H3;5-16H,1-2,4H3/q4*+1/i13D,14D;14D;13D;14D. The molecule has 8 nitrogen and oxygen atoms in total. The van der Waals surface area contributed by atoms with Gasteiger partial charge in [0.1, 0.15) is 35.4 Å². The predicted octanol–water partition coefficient (Wildman–Crippen LogP) is 25.9. The lowest BCUT2D eigenvalue weighted by Gasteiger charge is -2.17. The van der Waals surface area contributed by atoms with Crippen LogP contribution >= 0.6 is 0 Å². The SMILES string of the molecule is [2H]c1c(C)[n+](C)c(-c2cc(-c3ccccc3)c(F)cc2C)c2ccc([N+]#[C-])cc12.[2H]c1c(C)[n+](C)c(-c2cc(-c3ccccc3)cc(C)c2C)c2ccc([N+]#[C-])cc12.[2H]c1c(C)[n+](C)c(-c2cc(-c3ccccc3)ccc2C)c2ccc([N+]#[C-])cc12.[2H]c1c([2H])[n+](C)c(-c2cc(-c3ccccc3)cc(C(C)C)c2C)c2ccc([N+]#[C-])cc12. The first kappa shape index (κ1) is 69.9. The van der Waals surface area contributed by atoms with Crippen LogP contribution in [0.2, 0.25) is 0 Å². The van der Waals surface area contributed by atoms with Crippen LogP contribution in [0.4, 0.5) is 27.1 Å². The molecular formula is C103H89FN8+4. The van der Waals surface area contributed by atoms with Crippen molar-refractivity contribution in [1.82, 2.24) is 0 Å². The van der Waals surface area contributed by atoms with E-state index in [2.05, 4.69) is 173 Å². The van der Waals surface area contributed by atoms with Crippen molar-refractivity contribution in [3.63, 3.8) is 0 Å². The summed E-state index contributed by atoms with van der Waals surface area (Å²) in [6.45, 7) is 50.0. The molecule has 112 heavy (non-hydrogen) atoms. The number of nitrogens with zero attached hydrogens (tertiary/aromatic N) is 8. The van der Waals surface area contributed by atoms with Crippen LogP contribution in [0, 0.1) is 87.5 Å². The van der Waals surface area contributed by atoms with Crippen LogP contribution in [0.3, 0.4) is 0 Å². The highest BCUT2D eigenvalue weighted by atomic mass is 19.1. The number of aromatic nitrogens is 4. The Bertz CT molecular complexity index is 6860. The molecule has 0 saturated carbocycles. The zero-order valence-corrected chi connectivity index (χ0v) is 65.7. The van der Waals surface area contributed by atoms with Crippen LogP contribution in [0.25, 0.3) is 152 Å². The van der Waals surface area contributed by atoms with E-state index in [9.17, 15) is 4.39 Å². The summed E-state index contributed by atoms with van der Waals surface area (Å²) >= 11 is 0. The second-order valence-electron chi connectivity index (χ2n) is 28.9. The summed E-state index contributed by atoms with van der Waals surface area (Å²) in [6, 6.07) is 83.2. The zero-order valence-electron chi connectivity index (χ0n) is 70.7. The molecule has 0 aliphatic carbocycles. The highest BCUT2D eigenvalue weighted by Crippen LogP contribution is 2.41.